The lowest BCUT2D eigenvalue weighted by molar-refractivity contribution is 0.980. The van der Waals surface area contributed by atoms with E-state index in [1.54, 1.807) is 6.20 Å². The summed E-state index contributed by atoms with van der Waals surface area (Å²) in [5.74, 6) is 0. The zero-order valence-electron chi connectivity index (χ0n) is 9.80. The first-order chi connectivity index (χ1) is 8.69. The molecule has 3 nitrogen and oxygen atoms in total. The van der Waals surface area contributed by atoms with E-state index in [1.165, 1.54) is 0 Å². The van der Waals surface area contributed by atoms with Crippen molar-refractivity contribution in [2.75, 3.05) is 11.9 Å². The molecule has 2 rings (SSSR count). The van der Waals surface area contributed by atoms with E-state index in [1.807, 2.05) is 12.1 Å². The lowest BCUT2D eigenvalue weighted by Gasteiger charge is -2.12. The Balaban J connectivity index is 2.76. The van der Waals surface area contributed by atoms with Gasteiger partial charge in [-0.3, -0.25) is 4.98 Å². The molecule has 0 radical (unpaired) electrons. The molecule has 2 aromatic rings. The zero-order valence-corrected chi connectivity index (χ0v) is 13.5. The number of rotatable bonds is 3. The number of halogens is 2. The predicted octanol–water partition coefficient (Wildman–Crippen LogP) is 4.30. The van der Waals surface area contributed by atoms with Gasteiger partial charge in [0.15, 0.2) is 0 Å². The molecule has 0 atom stereocenters. The van der Waals surface area contributed by atoms with Crippen molar-refractivity contribution >= 4 is 55.1 Å². The van der Waals surface area contributed by atoms with Crippen molar-refractivity contribution in [3.8, 4) is 6.07 Å². The van der Waals surface area contributed by atoms with E-state index in [-0.39, 0.29) is 0 Å². The molecular formula is C13H11BrIN3. The standard InChI is InChI=1S/C13H11BrIN3/c1-2-5-17-12-8(6-16)7-18-13-9(14)3-4-10(15)11(12)13/h3-4,7H,2,5H2,1H3,(H,17,18). The van der Waals surface area contributed by atoms with E-state index >= 15 is 0 Å². The van der Waals surface area contributed by atoms with Crippen molar-refractivity contribution in [1.82, 2.24) is 4.98 Å². The second-order valence-electron chi connectivity index (χ2n) is 3.84. The van der Waals surface area contributed by atoms with Gasteiger partial charge in [-0.15, -0.1) is 0 Å². The molecule has 0 fully saturated rings. The lowest BCUT2D eigenvalue weighted by atomic mass is 10.1. The quantitative estimate of drug-likeness (QED) is 0.760. The van der Waals surface area contributed by atoms with Crippen LogP contribution in [0, 0.1) is 14.9 Å². The Morgan fingerprint density at radius 3 is 2.94 bits per heavy atom. The first-order valence-corrected chi connectivity index (χ1v) is 7.47. The molecular weight excluding hydrogens is 405 g/mol. The highest BCUT2D eigenvalue weighted by Crippen LogP contribution is 2.33. The molecule has 1 aromatic carbocycles. The fourth-order valence-electron chi connectivity index (χ4n) is 1.75. The van der Waals surface area contributed by atoms with Crippen LogP contribution in [0.15, 0.2) is 22.8 Å². The van der Waals surface area contributed by atoms with E-state index in [0.717, 1.165) is 37.6 Å². The molecule has 0 unspecified atom stereocenters. The summed E-state index contributed by atoms with van der Waals surface area (Å²) in [6.45, 7) is 2.94. The highest BCUT2D eigenvalue weighted by atomic mass is 127. The van der Waals surface area contributed by atoms with Crippen LogP contribution in [0.25, 0.3) is 10.9 Å². The van der Waals surface area contributed by atoms with Gasteiger partial charge in [0.1, 0.15) is 6.07 Å². The number of nitriles is 1. The molecule has 1 aromatic heterocycles. The molecule has 5 heteroatoms. The first-order valence-electron chi connectivity index (χ1n) is 5.59. The Hall–Kier alpha value is -0.870. The number of aromatic nitrogens is 1. The number of fused-ring (bicyclic) bond motifs is 1. The molecule has 0 amide bonds. The molecule has 0 spiro atoms. The van der Waals surface area contributed by atoms with Crippen LogP contribution < -0.4 is 5.32 Å². The summed E-state index contributed by atoms with van der Waals surface area (Å²) in [5.41, 5.74) is 2.36. The third-order valence-corrected chi connectivity index (χ3v) is 4.13. The van der Waals surface area contributed by atoms with Crippen LogP contribution in [0.2, 0.25) is 0 Å². The largest absolute Gasteiger partial charge is 0.383 e. The minimum absolute atomic E-state index is 0.590. The smallest absolute Gasteiger partial charge is 0.103 e. The van der Waals surface area contributed by atoms with Crippen molar-refractivity contribution in [3.05, 3.63) is 31.9 Å². The highest BCUT2D eigenvalue weighted by molar-refractivity contribution is 14.1. The molecule has 0 saturated carbocycles. The second kappa shape index (κ2) is 5.85. The summed E-state index contributed by atoms with van der Waals surface area (Å²) >= 11 is 5.78. The Bertz CT molecular complexity index is 634. The van der Waals surface area contributed by atoms with Gasteiger partial charge in [-0.2, -0.15) is 5.26 Å². The first kappa shape index (κ1) is 13.6. The predicted molar refractivity (Wildman–Crippen MR) is 85.7 cm³/mol. The average molecular weight is 416 g/mol. The van der Waals surface area contributed by atoms with Crippen molar-refractivity contribution < 1.29 is 0 Å². The maximum Gasteiger partial charge on any atom is 0.103 e. The van der Waals surface area contributed by atoms with Gasteiger partial charge in [-0.25, -0.2) is 0 Å². The summed E-state index contributed by atoms with van der Waals surface area (Å²) in [5, 5.41) is 13.5. The minimum Gasteiger partial charge on any atom is -0.383 e. The minimum atomic E-state index is 0.590. The molecule has 0 aliphatic carbocycles. The maximum atomic E-state index is 9.19. The Labute approximate surface area is 128 Å². The summed E-state index contributed by atoms with van der Waals surface area (Å²) in [6.07, 6.45) is 2.64. The van der Waals surface area contributed by atoms with E-state index in [2.05, 4.69) is 61.8 Å². The zero-order chi connectivity index (χ0) is 13.1. The summed E-state index contributed by atoms with van der Waals surface area (Å²) in [7, 11) is 0. The summed E-state index contributed by atoms with van der Waals surface area (Å²) < 4.78 is 2.04. The normalized spacial score (nSPS) is 10.3. The number of pyridine rings is 1. The molecule has 0 bridgehead atoms. The number of benzene rings is 1. The lowest BCUT2D eigenvalue weighted by Crippen LogP contribution is -2.04. The Morgan fingerprint density at radius 1 is 1.50 bits per heavy atom. The number of anilines is 1. The monoisotopic (exact) mass is 415 g/mol. The number of nitrogens with one attached hydrogen (secondary N) is 1. The topological polar surface area (TPSA) is 48.7 Å². The third kappa shape index (κ3) is 2.45. The van der Waals surface area contributed by atoms with Crippen molar-refractivity contribution in [1.29, 1.82) is 5.26 Å². The second-order valence-corrected chi connectivity index (χ2v) is 5.85. The summed E-state index contributed by atoms with van der Waals surface area (Å²) in [6, 6.07) is 6.20. The van der Waals surface area contributed by atoms with Gasteiger partial charge in [0.2, 0.25) is 0 Å². The molecule has 1 heterocycles. The number of hydrogen-bond acceptors (Lipinski definition) is 3. The molecule has 0 saturated heterocycles. The van der Waals surface area contributed by atoms with Crippen LogP contribution in [-0.4, -0.2) is 11.5 Å². The van der Waals surface area contributed by atoms with Gasteiger partial charge in [0, 0.05) is 26.2 Å². The highest BCUT2D eigenvalue weighted by Gasteiger charge is 2.13. The van der Waals surface area contributed by atoms with E-state index in [4.69, 9.17) is 0 Å². The fraction of sp³-hybridized carbons (Fsp3) is 0.231. The molecule has 18 heavy (non-hydrogen) atoms. The van der Waals surface area contributed by atoms with E-state index < -0.39 is 0 Å². The van der Waals surface area contributed by atoms with Gasteiger partial charge in [0.05, 0.1) is 16.8 Å². The van der Waals surface area contributed by atoms with Crippen molar-refractivity contribution in [2.45, 2.75) is 13.3 Å². The van der Waals surface area contributed by atoms with Crippen LogP contribution in [0.5, 0.6) is 0 Å². The van der Waals surface area contributed by atoms with Gasteiger partial charge < -0.3 is 5.32 Å². The van der Waals surface area contributed by atoms with Crippen LogP contribution in [0.3, 0.4) is 0 Å². The van der Waals surface area contributed by atoms with Gasteiger partial charge in [0.25, 0.3) is 0 Å². The van der Waals surface area contributed by atoms with Crippen molar-refractivity contribution in [3.63, 3.8) is 0 Å². The van der Waals surface area contributed by atoms with Gasteiger partial charge in [-0.1, -0.05) is 6.92 Å². The number of hydrogen-bond donors (Lipinski definition) is 1. The molecule has 0 aliphatic rings. The van der Waals surface area contributed by atoms with Crippen LogP contribution in [-0.2, 0) is 0 Å². The Morgan fingerprint density at radius 2 is 2.28 bits per heavy atom. The van der Waals surface area contributed by atoms with Crippen LogP contribution in [0.4, 0.5) is 5.69 Å². The van der Waals surface area contributed by atoms with E-state index in [9.17, 15) is 5.26 Å². The van der Waals surface area contributed by atoms with E-state index in [0.29, 0.717) is 5.56 Å². The maximum absolute atomic E-state index is 9.19. The molecule has 1 N–H and O–H groups in total. The fourth-order valence-corrected chi connectivity index (χ4v) is 2.89. The molecule has 0 aliphatic heterocycles. The summed E-state index contributed by atoms with van der Waals surface area (Å²) in [4.78, 5) is 4.37. The average Bonchev–Trinajstić information content (AvgIpc) is 2.39. The van der Waals surface area contributed by atoms with Gasteiger partial charge >= 0.3 is 0 Å². The Kier molecular flexibility index (Phi) is 4.40. The third-order valence-electron chi connectivity index (χ3n) is 2.59. The SMILES string of the molecule is CCCNc1c(C#N)cnc2c(Br)ccc(I)c12. The van der Waals surface area contributed by atoms with Crippen LogP contribution in [0.1, 0.15) is 18.9 Å². The number of nitrogens with zero attached hydrogens (tertiary/aromatic N) is 2. The van der Waals surface area contributed by atoms with Crippen molar-refractivity contribution in [2.24, 2.45) is 0 Å². The van der Waals surface area contributed by atoms with Gasteiger partial charge in [-0.05, 0) is 57.1 Å². The van der Waals surface area contributed by atoms with Crippen LogP contribution >= 0.6 is 38.5 Å². The molecule has 92 valence electrons.